The largest absolute Gasteiger partial charge is 0.481 e. The summed E-state index contributed by atoms with van der Waals surface area (Å²) in [6.45, 7) is 26.3. The molecule has 2 aliphatic heterocycles. The van der Waals surface area contributed by atoms with Gasteiger partial charge in [-0.2, -0.15) is 0 Å². The third-order valence-electron chi connectivity index (χ3n) is 26.2. The van der Waals surface area contributed by atoms with Gasteiger partial charge in [-0.1, -0.05) is 139 Å². The van der Waals surface area contributed by atoms with Crippen molar-refractivity contribution in [1.82, 2.24) is 10.6 Å². The van der Waals surface area contributed by atoms with Gasteiger partial charge in [-0.05, 0) is 127 Å². The van der Waals surface area contributed by atoms with Crippen LogP contribution in [0.3, 0.4) is 0 Å². The fraction of sp³-hybridized carbons (Fsp3) is 0.568. The number of Topliss-reactive ketones (excluding diaryl/α,β-unsaturated/α-hetero) is 2. The van der Waals surface area contributed by atoms with E-state index in [1.807, 2.05) is 13.8 Å². The zero-order valence-corrected chi connectivity index (χ0v) is 68.8. The number of ether oxygens (including phenoxy) is 9. The van der Waals surface area contributed by atoms with Crippen molar-refractivity contribution in [2.24, 2.45) is 44.3 Å². The van der Waals surface area contributed by atoms with E-state index in [4.69, 9.17) is 42.6 Å². The number of carboxylic acids is 1. The molecule has 22 atom stereocenters. The van der Waals surface area contributed by atoms with Crippen LogP contribution in [-0.4, -0.2) is 209 Å². The van der Waals surface area contributed by atoms with Crippen LogP contribution in [0.2, 0.25) is 0 Å². The third-order valence-corrected chi connectivity index (χ3v) is 26.2. The Morgan fingerprint density at radius 2 is 0.855 bits per heavy atom. The summed E-state index contributed by atoms with van der Waals surface area (Å²) in [5, 5.41) is 101. The Labute approximate surface area is 679 Å². The maximum absolute atomic E-state index is 15.0. The molecule has 117 heavy (non-hydrogen) atoms. The highest BCUT2D eigenvalue weighted by Gasteiger charge is 2.78. The number of aliphatic carboxylic acids is 1. The van der Waals surface area contributed by atoms with Crippen molar-refractivity contribution in [3.63, 3.8) is 0 Å². The van der Waals surface area contributed by atoms with E-state index in [2.05, 4.69) is 10.6 Å². The van der Waals surface area contributed by atoms with Gasteiger partial charge in [-0.3, -0.25) is 19.2 Å². The molecule has 4 saturated carbocycles. The number of aliphatic hydroxyl groups excluding tert-OH is 5. The van der Waals surface area contributed by atoms with Crippen LogP contribution in [0.15, 0.2) is 144 Å². The highest BCUT2D eigenvalue weighted by Crippen LogP contribution is 2.68. The van der Waals surface area contributed by atoms with Gasteiger partial charge in [0.25, 0.3) is 0 Å². The van der Waals surface area contributed by atoms with Crippen molar-refractivity contribution in [1.29, 1.82) is 0 Å². The van der Waals surface area contributed by atoms with Crippen molar-refractivity contribution in [2.75, 3.05) is 13.2 Å². The van der Waals surface area contributed by atoms with Crippen molar-refractivity contribution >= 4 is 59.6 Å². The van der Waals surface area contributed by atoms with E-state index in [9.17, 15) is 88.8 Å². The Bertz CT molecular complexity index is 4540. The summed E-state index contributed by atoms with van der Waals surface area (Å²) >= 11 is 0. The van der Waals surface area contributed by atoms with E-state index in [1.54, 1.807) is 192 Å². The standard InChI is InChI=1S/C46H57NO15.C42H53NO12/c1-24-27(59-40(55)35(60-31(51)20-19-30(49)50)33(25-15-11-9-12-16-25)47-41(56)62-42(2,3)4)22-46(57)38(61-39(54)26-17-13-10-14-18-26)36-44(7)23-58-29(44)21-28(48)45(36,8)37(53)34(52)32(24)43(46,5)6;1-22-25(53-36(49)31(46)29(23-15-11-9-12-16-23)43-37(50)55-38(2,3)4)20-42(51)34(54-35(48)24-17-13-10-14-18-24)32-40(7)21-52-27(40)19-26(44)41(32,8)33(47)30(45)28(22)39(42,5)6/h9-18,27-29,33-36,38,48,52,57H,19-23H2,1-8H3,(H,47,56)(H,49,50);9-18,25-27,29-32,34,44-46,51H,19-21H2,1-8H3,(H,43,50)/t27-,28-,29+,33+,34+,35+,36+,38-,44+,45+,46+;25-,26-,27+,29+,30+,31+,32+,34-,40+,41+,42+/m00/s1. The van der Waals surface area contributed by atoms with Crippen molar-refractivity contribution in [2.45, 2.75) is 257 Å². The van der Waals surface area contributed by atoms with Crippen LogP contribution >= 0.6 is 0 Å². The van der Waals surface area contributed by atoms with Crippen LogP contribution in [0.5, 0.6) is 0 Å². The van der Waals surface area contributed by atoms with Crippen molar-refractivity contribution in [3.8, 4) is 0 Å². The fourth-order valence-corrected chi connectivity index (χ4v) is 19.6. The molecule has 6 aliphatic carbocycles. The Morgan fingerprint density at radius 1 is 0.504 bits per heavy atom. The second-order valence-corrected chi connectivity index (χ2v) is 36.4. The van der Waals surface area contributed by atoms with E-state index < -0.39 is 231 Å². The van der Waals surface area contributed by atoms with Gasteiger partial charge in [0, 0.05) is 59.2 Å². The Morgan fingerprint density at radius 3 is 1.21 bits per heavy atom. The topological polar surface area (TPSA) is 440 Å². The van der Waals surface area contributed by atoms with Crippen molar-refractivity contribution < 1.29 is 131 Å². The number of esters is 5. The molecule has 2 heterocycles. The Balaban J connectivity index is 0.000000231. The van der Waals surface area contributed by atoms with Crippen LogP contribution in [0.1, 0.15) is 193 Å². The van der Waals surface area contributed by atoms with Gasteiger partial charge < -0.3 is 94.1 Å². The van der Waals surface area contributed by atoms with Crippen LogP contribution < -0.4 is 10.6 Å². The molecule has 6 fully saturated rings. The number of rotatable bonds is 18. The molecule has 10 N–H and O–H groups in total. The number of carbonyl (C=O) groups is 10. The van der Waals surface area contributed by atoms with E-state index in [1.165, 1.54) is 26.0 Å². The van der Waals surface area contributed by atoms with Crippen LogP contribution in [0, 0.1) is 44.3 Å². The summed E-state index contributed by atoms with van der Waals surface area (Å²) in [5.74, 6) is -10.3. The molecular weight excluding hydrogens is 1520 g/mol. The zero-order valence-electron chi connectivity index (χ0n) is 68.8. The lowest BCUT2D eigenvalue weighted by Crippen LogP contribution is -2.77. The minimum atomic E-state index is -2.26. The number of nitrogens with one attached hydrogen (secondary N) is 2. The smallest absolute Gasteiger partial charge is 0.408 e. The van der Waals surface area contributed by atoms with Gasteiger partial charge >= 0.3 is 48.0 Å². The molecule has 0 aromatic heterocycles. The highest BCUT2D eigenvalue weighted by molar-refractivity contribution is 5.95. The molecule has 29 heteroatoms. The number of alkyl carbamates (subject to hydrolysis) is 2. The zero-order chi connectivity index (χ0) is 86.2. The Kier molecular flexibility index (Phi) is 24.5. The van der Waals surface area contributed by atoms with Crippen LogP contribution in [-0.2, 0) is 71.4 Å². The number of aliphatic hydroxyl groups is 7. The van der Waals surface area contributed by atoms with Gasteiger partial charge in [0.15, 0.2) is 17.7 Å². The first-order valence-electron chi connectivity index (χ1n) is 39.5. The highest BCUT2D eigenvalue weighted by atomic mass is 16.6. The monoisotopic (exact) mass is 1630 g/mol. The third kappa shape index (κ3) is 16.1. The van der Waals surface area contributed by atoms with Gasteiger partial charge in [-0.15, -0.1) is 0 Å². The first kappa shape index (κ1) is 88.5. The first-order chi connectivity index (χ1) is 54.4. The number of hydrogen-bond donors (Lipinski definition) is 10. The maximum Gasteiger partial charge on any atom is 0.408 e. The fourth-order valence-electron chi connectivity index (χ4n) is 19.6. The van der Waals surface area contributed by atoms with E-state index in [-0.39, 0.29) is 71.5 Å². The quantitative estimate of drug-likeness (QED) is 0.0254. The lowest BCUT2D eigenvalue weighted by molar-refractivity contribution is -0.313. The summed E-state index contributed by atoms with van der Waals surface area (Å²) in [4.78, 5) is 138. The summed E-state index contributed by atoms with van der Waals surface area (Å²) in [7, 11) is 0. The molecular formula is C88H110N2O27. The number of fused-ring (bicyclic) bond motifs is 10. The predicted molar refractivity (Wildman–Crippen MR) is 415 cm³/mol. The van der Waals surface area contributed by atoms with Crippen LogP contribution in [0.25, 0.3) is 0 Å². The molecule has 4 aromatic carbocycles. The molecule has 0 radical (unpaired) electrons. The summed E-state index contributed by atoms with van der Waals surface area (Å²) in [6.07, 6.45) is -21.6. The maximum atomic E-state index is 15.0. The van der Waals surface area contributed by atoms with Gasteiger partial charge in [0.05, 0.1) is 78.5 Å². The summed E-state index contributed by atoms with van der Waals surface area (Å²) in [5.41, 5.74) is -13.4. The average Bonchev–Trinajstić information content (AvgIpc) is 0.677. The van der Waals surface area contributed by atoms with Crippen LogP contribution in [0.4, 0.5) is 9.59 Å². The SMILES string of the molecule is CC1=C2[C@@H](O)C(=O)[C@@]3(C)[C@H]([C@H](OC(=O)c4ccccc4)[C@](O)(C[C@@H]1OC(=O)[C@H](O)[C@H](NC(=O)OC(C)(C)C)c1ccccc1)C2(C)C)[C@]1(C)CO[C@@H]1C[C@@H]3O.CC1=C2[C@@H](O)C(=O)[C@@]3(C)[C@H]([C@H](OC(=O)c4ccccc4)[C@](O)(C[C@@H]1OC(=O)[C@H](OC(=O)CCC(=O)O)[C@H](NC(=O)OC(C)(C)C)c1ccccc1)C2(C)C)[C@]1(C)CO[C@@H]1C[C@@H]3O. The molecule has 2 amide bonds. The average molecular weight is 1630 g/mol. The molecule has 4 aromatic rings. The molecule has 2 saturated heterocycles. The molecule has 0 spiro atoms. The second kappa shape index (κ2) is 32.4. The van der Waals surface area contributed by atoms with Gasteiger partial charge in [-0.25, -0.2) is 28.8 Å². The lowest BCUT2D eigenvalue weighted by Gasteiger charge is -2.68. The number of carbonyl (C=O) groups excluding carboxylic acids is 9. The first-order valence-corrected chi connectivity index (χ1v) is 39.5. The normalized spacial score (nSPS) is 33.5. The molecule has 12 rings (SSSR count). The summed E-state index contributed by atoms with van der Waals surface area (Å²) < 4.78 is 53.3. The van der Waals surface area contributed by atoms with Crippen molar-refractivity contribution in [3.05, 3.63) is 166 Å². The number of carboxylic acid groups (broad SMARTS) is 1. The second-order valence-electron chi connectivity index (χ2n) is 36.4. The number of ketones is 2. The van der Waals surface area contributed by atoms with E-state index in [0.717, 1.165) is 0 Å². The van der Waals surface area contributed by atoms with E-state index in [0.29, 0.717) is 5.56 Å². The number of benzene rings is 4. The molecule has 4 bridgehead atoms. The number of hydrogen-bond acceptors (Lipinski definition) is 26. The number of amides is 2. The molecule has 8 aliphatic rings. The Hall–Kier alpha value is -9.30. The molecule has 634 valence electrons. The summed E-state index contributed by atoms with van der Waals surface area (Å²) in [6, 6.07) is 29.6. The molecule has 0 unspecified atom stereocenters. The lowest BCUT2D eigenvalue weighted by atomic mass is 9.42. The van der Waals surface area contributed by atoms with Gasteiger partial charge in [0.2, 0.25) is 6.10 Å². The predicted octanol–water partition coefficient (Wildman–Crippen LogP) is 8.34. The van der Waals surface area contributed by atoms with E-state index >= 15 is 0 Å². The minimum absolute atomic E-state index is 0.0356. The minimum Gasteiger partial charge on any atom is -0.481 e. The van der Waals surface area contributed by atoms with Gasteiger partial charge in [0.1, 0.15) is 65.1 Å². The molecule has 29 nitrogen and oxygen atoms in total.